The number of hydrogen-bond acceptors (Lipinski definition) is 3. The van der Waals surface area contributed by atoms with Crippen molar-refractivity contribution in [1.82, 2.24) is 0 Å². The van der Waals surface area contributed by atoms with E-state index in [1.54, 1.807) is 0 Å². The monoisotopic (exact) mass is 864 g/mol. The van der Waals surface area contributed by atoms with Crippen molar-refractivity contribution in [1.29, 1.82) is 0 Å². The molecule has 0 amide bonds. The first-order valence-electron chi connectivity index (χ1n) is 20.3. The molecule has 0 aliphatic rings. The molecule has 9 rings (SSSR count). The molecule has 0 radical (unpaired) electrons. The number of benzene rings is 9. The maximum atomic E-state index is 19.1. The zero-order valence-corrected chi connectivity index (χ0v) is 37.0. The average Bonchev–Trinajstić information content (AvgIpc) is 3.36. The molecule has 0 heterocycles. The molecule has 9 aromatic carbocycles. The Hall–Kier alpha value is -5.90. The summed E-state index contributed by atoms with van der Waals surface area (Å²) in [7, 11) is -3.91. The third-order valence-corrected chi connectivity index (χ3v) is 43.2. The topological polar surface area (TPSA) is 51.2 Å². The molecule has 9 aromatic rings. The standard InChI is InChI=1S/C54H44O3P4/c55-58(45-27-9-1-10-28-45,46-29-11-2-12-30-46)53-43-25-26-44-54(53)61(51-39-21-7-22-40-51,52-41-23-8-24-42-52,59(56,47-31-13-3-14-32-47)48-33-15-4-16-34-48)60(57,49-35-17-5-18-36-49)50-37-19-6-20-38-50/h1-44H. The van der Waals surface area contributed by atoms with Gasteiger partial charge < -0.3 is 0 Å². The van der Waals surface area contributed by atoms with E-state index in [-0.39, 0.29) is 0 Å². The van der Waals surface area contributed by atoms with Crippen molar-refractivity contribution in [3.63, 3.8) is 0 Å². The summed E-state index contributed by atoms with van der Waals surface area (Å²) >= 11 is 0. The van der Waals surface area contributed by atoms with Crippen LogP contribution in [0.1, 0.15) is 0 Å². The van der Waals surface area contributed by atoms with Gasteiger partial charge in [-0.25, -0.2) is 0 Å². The fourth-order valence-corrected chi connectivity index (χ4v) is 47.2. The van der Waals surface area contributed by atoms with Crippen molar-refractivity contribution in [2.75, 3.05) is 0 Å². The second kappa shape index (κ2) is 16.5. The molecular formula is C54H44O3P4. The van der Waals surface area contributed by atoms with Gasteiger partial charge in [0.15, 0.2) is 0 Å². The Morgan fingerprint density at radius 1 is 0.246 bits per heavy atom. The summed E-state index contributed by atoms with van der Waals surface area (Å²) in [6.45, 7) is -8.90. The normalized spacial score (nSPS) is 12.8. The Morgan fingerprint density at radius 3 is 0.770 bits per heavy atom. The van der Waals surface area contributed by atoms with Gasteiger partial charge in [-0.2, -0.15) is 0 Å². The SMILES string of the molecule is O=P(c1ccccc1)(c1ccccc1)c1ccccc1P(c1ccccc1)(c1ccccc1)(P(=O)(c1ccccc1)c1ccccc1)P(=O)(c1ccccc1)c1ccccc1. The van der Waals surface area contributed by atoms with E-state index in [9.17, 15) is 0 Å². The molecule has 0 fully saturated rings. The van der Waals surface area contributed by atoms with Crippen LogP contribution in [0.15, 0.2) is 267 Å². The first-order valence-corrected chi connectivity index (χ1v) is 29.1. The quantitative estimate of drug-likeness (QED) is 0.115. The summed E-state index contributed by atoms with van der Waals surface area (Å²) < 4.78 is 55.5. The molecule has 0 aliphatic heterocycles. The minimum absolute atomic E-state index is 0.497. The van der Waals surface area contributed by atoms with Gasteiger partial charge in [-0.15, -0.1) is 0 Å². The molecule has 61 heavy (non-hydrogen) atoms. The van der Waals surface area contributed by atoms with Crippen LogP contribution in [0, 0.1) is 0 Å². The van der Waals surface area contributed by atoms with E-state index in [2.05, 4.69) is 0 Å². The van der Waals surface area contributed by atoms with Crippen molar-refractivity contribution in [2.24, 2.45) is 0 Å². The van der Waals surface area contributed by atoms with Crippen LogP contribution in [0.5, 0.6) is 0 Å². The molecule has 0 atom stereocenters. The van der Waals surface area contributed by atoms with Crippen molar-refractivity contribution in [3.05, 3.63) is 267 Å². The van der Waals surface area contributed by atoms with Crippen LogP contribution < -0.4 is 53.0 Å². The predicted molar refractivity (Wildman–Crippen MR) is 264 cm³/mol. The molecule has 0 aromatic heterocycles. The Labute approximate surface area is 358 Å². The number of rotatable bonds is 12. The predicted octanol–water partition coefficient (Wildman–Crippen LogP) is 10.0. The Balaban J connectivity index is 1.72. The Morgan fingerprint density at radius 2 is 0.475 bits per heavy atom. The van der Waals surface area contributed by atoms with Gasteiger partial charge in [0.25, 0.3) is 0 Å². The third-order valence-electron chi connectivity index (χ3n) is 11.9. The maximum absolute atomic E-state index is 19.1. The van der Waals surface area contributed by atoms with Crippen molar-refractivity contribution in [2.45, 2.75) is 0 Å². The van der Waals surface area contributed by atoms with Crippen LogP contribution >= 0.6 is 26.8 Å². The van der Waals surface area contributed by atoms with E-state index in [4.69, 9.17) is 0 Å². The average molecular weight is 865 g/mol. The molecule has 298 valence electrons. The molecule has 0 spiro atoms. The van der Waals surface area contributed by atoms with Crippen LogP contribution in [0.4, 0.5) is 0 Å². The van der Waals surface area contributed by atoms with Gasteiger partial charge in [-0.1, -0.05) is 0 Å². The molecule has 0 N–H and O–H groups in total. The first-order chi connectivity index (χ1) is 29.9. The van der Waals surface area contributed by atoms with Gasteiger partial charge in [0.1, 0.15) is 0 Å². The zero-order valence-electron chi connectivity index (χ0n) is 33.4. The molecule has 0 aliphatic carbocycles. The van der Waals surface area contributed by atoms with Crippen LogP contribution in [0.2, 0.25) is 0 Å². The second-order valence-corrected chi connectivity index (χ2v) is 34.8. The summed E-state index contributed by atoms with van der Waals surface area (Å²) in [6.07, 6.45) is 0. The fraction of sp³-hybridized carbons (Fsp3) is 0. The van der Waals surface area contributed by atoms with Crippen molar-refractivity contribution >= 4 is 79.8 Å². The van der Waals surface area contributed by atoms with Gasteiger partial charge in [-0.05, 0) is 0 Å². The first kappa shape index (κ1) is 40.5. The van der Waals surface area contributed by atoms with Gasteiger partial charge in [0.05, 0.1) is 0 Å². The van der Waals surface area contributed by atoms with Crippen molar-refractivity contribution in [3.8, 4) is 0 Å². The van der Waals surface area contributed by atoms with Crippen LogP contribution in [0.25, 0.3) is 0 Å². The number of hydrogen-bond donors (Lipinski definition) is 0. The Kier molecular flexibility index (Phi) is 11.0. The molecule has 3 nitrogen and oxygen atoms in total. The van der Waals surface area contributed by atoms with Crippen molar-refractivity contribution < 1.29 is 13.7 Å². The summed E-state index contributed by atoms with van der Waals surface area (Å²) in [5.41, 5.74) is 0. The summed E-state index contributed by atoms with van der Waals surface area (Å²) in [6, 6.07) is 85.6. The zero-order chi connectivity index (χ0) is 41.8. The summed E-state index contributed by atoms with van der Waals surface area (Å²) in [4.78, 5) is 0. The minimum atomic E-state index is -5.52. The van der Waals surface area contributed by atoms with Crippen LogP contribution in [-0.2, 0) is 13.7 Å². The van der Waals surface area contributed by atoms with E-state index in [1.165, 1.54) is 0 Å². The molecular weight excluding hydrogens is 820 g/mol. The van der Waals surface area contributed by atoms with E-state index >= 15 is 13.7 Å². The summed E-state index contributed by atoms with van der Waals surface area (Å²) in [5, 5.41) is 5.88. The van der Waals surface area contributed by atoms with Gasteiger partial charge >= 0.3 is 360 Å². The van der Waals surface area contributed by atoms with Gasteiger partial charge in [-0.3, -0.25) is 0 Å². The van der Waals surface area contributed by atoms with Crippen LogP contribution in [0.3, 0.4) is 0 Å². The fourth-order valence-electron chi connectivity index (χ4n) is 9.49. The van der Waals surface area contributed by atoms with Crippen LogP contribution in [-0.4, -0.2) is 0 Å². The second-order valence-electron chi connectivity index (χ2n) is 15.0. The van der Waals surface area contributed by atoms with E-state index < -0.39 is 26.8 Å². The van der Waals surface area contributed by atoms with Gasteiger partial charge in [0, 0.05) is 0 Å². The van der Waals surface area contributed by atoms with E-state index in [0.29, 0.717) is 53.0 Å². The van der Waals surface area contributed by atoms with Gasteiger partial charge in [0.2, 0.25) is 0 Å². The molecule has 0 saturated heterocycles. The third kappa shape index (κ3) is 5.80. The van der Waals surface area contributed by atoms with E-state index in [0.717, 1.165) is 0 Å². The summed E-state index contributed by atoms with van der Waals surface area (Å²) in [5.74, 6) is -5.52. The Bertz CT molecular complexity index is 2770. The molecule has 0 bridgehead atoms. The molecule has 0 saturated carbocycles. The molecule has 7 heteroatoms. The van der Waals surface area contributed by atoms with E-state index in [1.807, 2.05) is 267 Å². The molecule has 0 unspecified atom stereocenters.